The molecule has 0 aromatic heterocycles. The molecule has 3 aromatic carbocycles. The maximum Gasteiger partial charge on any atom is 0.363 e. The first-order chi connectivity index (χ1) is 24.1. The molecule has 0 saturated carbocycles. The van der Waals surface area contributed by atoms with Crippen molar-refractivity contribution in [1.29, 1.82) is 0 Å². The second-order valence-electron chi connectivity index (χ2n) is 11.7. The summed E-state index contributed by atoms with van der Waals surface area (Å²) < 4.78 is 29.4. The molecule has 0 bridgehead atoms. The van der Waals surface area contributed by atoms with Gasteiger partial charge in [-0.3, -0.25) is 9.59 Å². The molecule has 1 heterocycles. The van der Waals surface area contributed by atoms with Gasteiger partial charge in [0.15, 0.2) is 0 Å². The fourth-order valence-corrected chi connectivity index (χ4v) is 5.55. The van der Waals surface area contributed by atoms with Crippen LogP contribution in [0.2, 0.25) is 0 Å². The molecule has 1 aliphatic heterocycles. The lowest BCUT2D eigenvalue weighted by molar-refractivity contribution is -0.172. The van der Waals surface area contributed by atoms with E-state index >= 15 is 0 Å². The third-order valence-corrected chi connectivity index (χ3v) is 8.12. The number of unbranched alkanes of at least 4 members (excludes halogenated alkanes) is 4. The zero-order valence-corrected chi connectivity index (χ0v) is 28.5. The summed E-state index contributed by atoms with van der Waals surface area (Å²) >= 11 is 0. The zero-order chi connectivity index (χ0) is 34.6. The van der Waals surface area contributed by atoms with Gasteiger partial charge in [-0.25, -0.2) is 4.79 Å². The number of imide groups is 1. The molecular formula is C39H49NO9. The summed E-state index contributed by atoms with van der Waals surface area (Å²) in [6.45, 7) is 6.60. The fraction of sp³-hybridized carbons (Fsp3) is 0.462. The van der Waals surface area contributed by atoms with Crippen LogP contribution in [0.1, 0.15) is 78.9 Å². The van der Waals surface area contributed by atoms with E-state index in [0.29, 0.717) is 51.3 Å². The number of ether oxygens (including phenoxy) is 5. The van der Waals surface area contributed by atoms with E-state index < -0.39 is 23.4 Å². The first-order valence-electron chi connectivity index (χ1n) is 17.3. The van der Waals surface area contributed by atoms with Gasteiger partial charge in [0.05, 0.1) is 58.4 Å². The highest BCUT2D eigenvalue weighted by Crippen LogP contribution is 2.40. The minimum Gasteiger partial charge on any atom is -0.379 e. The van der Waals surface area contributed by atoms with Crippen LogP contribution < -0.4 is 0 Å². The highest BCUT2D eigenvalue weighted by molar-refractivity contribution is 6.02. The van der Waals surface area contributed by atoms with Gasteiger partial charge in [-0.15, -0.1) is 5.06 Å². The largest absolute Gasteiger partial charge is 0.379 e. The Hall–Kier alpha value is -3.93. The quantitative estimate of drug-likeness (QED) is 0.0618. The fourth-order valence-electron chi connectivity index (χ4n) is 5.55. The second-order valence-corrected chi connectivity index (χ2v) is 11.7. The minimum absolute atomic E-state index is 0.0282. The van der Waals surface area contributed by atoms with E-state index in [1.165, 1.54) is 25.7 Å². The minimum atomic E-state index is -1.03. The Morgan fingerprint density at radius 1 is 0.571 bits per heavy atom. The van der Waals surface area contributed by atoms with Gasteiger partial charge in [-0.2, -0.15) is 0 Å². The molecule has 2 amide bonds. The van der Waals surface area contributed by atoms with Gasteiger partial charge in [0, 0.05) is 19.4 Å². The van der Waals surface area contributed by atoms with E-state index in [1.807, 2.05) is 60.7 Å². The highest BCUT2D eigenvalue weighted by Gasteiger charge is 2.38. The number of rotatable bonds is 24. The molecule has 0 unspecified atom stereocenters. The topological polar surface area (TPSA) is 110 Å². The third kappa shape index (κ3) is 11.6. The second kappa shape index (κ2) is 21.2. The van der Waals surface area contributed by atoms with Gasteiger partial charge >= 0.3 is 5.97 Å². The van der Waals surface area contributed by atoms with Crippen LogP contribution in [0.4, 0.5) is 0 Å². The van der Waals surface area contributed by atoms with E-state index in [-0.39, 0.29) is 25.0 Å². The van der Waals surface area contributed by atoms with Gasteiger partial charge in [-0.05, 0) is 35.2 Å². The van der Waals surface area contributed by atoms with Crippen molar-refractivity contribution < 1.29 is 42.9 Å². The van der Waals surface area contributed by atoms with Crippen LogP contribution >= 0.6 is 0 Å². The van der Waals surface area contributed by atoms with Crippen molar-refractivity contribution in [3.8, 4) is 0 Å². The lowest BCUT2D eigenvalue weighted by Gasteiger charge is -2.36. The summed E-state index contributed by atoms with van der Waals surface area (Å²) in [4.78, 5) is 41.8. The third-order valence-electron chi connectivity index (χ3n) is 8.12. The molecule has 264 valence electrons. The van der Waals surface area contributed by atoms with Crippen LogP contribution in [0.25, 0.3) is 0 Å². The van der Waals surface area contributed by atoms with Crippen molar-refractivity contribution in [2.75, 3.05) is 59.5 Å². The predicted octanol–water partition coefficient (Wildman–Crippen LogP) is 6.25. The van der Waals surface area contributed by atoms with E-state index in [2.05, 4.69) is 6.92 Å². The lowest BCUT2D eigenvalue weighted by atomic mass is 9.80. The number of amides is 2. The number of hydroxylamine groups is 2. The smallest absolute Gasteiger partial charge is 0.363 e. The summed E-state index contributed by atoms with van der Waals surface area (Å²) in [6, 6.07) is 26.5. The van der Waals surface area contributed by atoms with Crippen molar-refractivity contribution in [1.82, 2.24) is 5.06 Å². The summed E-state index contributed by atoms with van der Waals surface area (Å²) in [7, 11) is 0. The molecule has 0 atom stereocenters. The summed E-state index contributed by atoms with van der Waals surface area (Å²) in [6.07, 6.45) is 6.20. The maximum absolute atomic E-state index is 12.8. The number of nitrogens with zero attached hydrogens (tertiary/aromatic N) is 1. The molecule has 0 aliphatic carbocycles. The Labute approximate surface area is 289 Å². The monoisotopic (exact) mass is 675 g/mol. The Morgan fingerprint density at radius 3 is 1.53 bits per heavy atom. The highest BCUT2D eigenvalue weighted by atomic mass is 16.7. The average molecular weight is 676 g/mol. The average Bonchev–Trinajstić information content (AvgIpc) is 3.45. The molecule has 3 aromatic rings. The van der Waals surface area contributed by atoms with E-state index in [9.17, 15) is 14.4 Å². The van der Waals surface area contributed by atoms with Crippen LogP contribution in [0, 0.1) is 0 Å². The van der Waals surface area contributed by atoms with Crippen molar-refractivity contribution >= 4 is 17.8 Å². The van der Waals surface area contributed by atoms with Crippen molar-refractivity contribution in [3.05, 3.63) is 107 Å². The summed E-state index contributed by atoms with van der Waals surface area (Å²) in [5.74, 6) is -1.85. The number of hydrogen-bond donors (Lipinski definition) is 0. The standard InChI is InChI=1S/C39H49NO9/c1-2-3-4-5-12-23-44-24-25-45-26-27-46-28-29-47-30-31-48-39(33-13-8-6-9-14-33,34-15-10-7-11-16-34)35-19-17-32(18-20-35)38(43)49-40-36(41)21-22-37(40)42/h6-11,13-20H,2-5,12,21-31H2,1H3. The van der Waals surface area contributed by atoms with Crippen LogP contribution in [-0.2, 0) is 43.7 Å². The van der Waals surface area contributed by atoms with Gasteiger partial charge < -0.3 is 28.5 Å². The van der Waals surface area contributed by atoms with E-state index in [0.717, 1.165) is 29.7 Å². The Bertz CT molecular complexity index is 1340. The molecule has 4 rings (SSSR count). The molecule has 1 aliphatic rings. The molecule has 1 saturated heterocycles. The molecule has 49 heavy (non-hydrogen) atoms. The first-order valence-corrected chi connectivity index (χ1v) is 17.3. The Balaban J connectivity index is 1.27. The van der Waals surface area contributed by atoms with Crippen LogP contribution in [0.3, 0.4) is 0 Å². The Kier molecular flexibility index (Phi) is 16.4. The van der Waals surface area contributed by atoms with Crippen molar-refractivity contribution in [2.45, 2.75) is 57.5 Å². The molecular weight excluding hydrogens is 626 g/mol. The summed E-state index contributed by atoms with van der Waals surface area (Å²) in [5.41, 5.74) is 1.73. The number of carbonyl (C=O) groups excluding carboxylic acids is 3. The molecule has 1 fully saturated rings. The lowest BCUT2D eigenvalue weighted by Crippen LogP contribution is -2.34. The van der Waals surface area contributed by atoms with Gasteiger partial charge in [0.25, 0.3) is 11.8 Å². The molecule has 0 radical (unpaired) electrons. The van der Waals surface area contributed by atoms with Crippen LogP contribution in [0.5, 0.6) is 0 Å². The number of hydrogen-bond acceptors (Lipinski definition) is 9. The molecule has 10 heteroatoms. The van der Waals surface area contributed by atoms with Gasteiger partial charge in [-0.1, -0.05) is 105 Å². The van der Waals surface area contributed by atoms with Crippen molar-refractivity contribution in [3.63, 3.8) is 0 Å². The van der Waals surface area contributed by atoms with Crippen LogP contribution in [-0.4, -0.2) is 82.3 Å². The van der Waals surface area contributed by atoms with Gasteiger partial charge in [0.2, 0.25) is 0 Å². The molecule has 0 spiro atoms. The SMILES string of the molecule is CCCCCCCOCCOCCOCCOCCOC(c1ccccc1)(c1ccccc1)c1ccc(C(=O)ON2C(=O)CCC2=O)cc1. The molecule has 10 nitrogen and oxygen atoms in total. The normalized spacial score (nSPS) is 13.3. The predicted molar refractivity (Wildman–Crippen MR) is 184 cm³/mol. The zero-order valence-electron chi connectivity index (χ0n) is 28.5. The number of carbonyl (C=O) groups is 3. The molecule has 0 N–H and O–H groups in total. The maximum atomic E-state index is 12.8. The Morgan fingerprint density at radius 2 is 1.02 bits per heavy atom. The van der Waals surface area contributed by atoms with Gasteiger partial charge in [0.1, 0.15) is 5.60 Å². The van der Waals surface area contributed by atoms with Crippen molar-refractivity contribution in [2.24, 2.45) is 0 Å². The summed E-state index contributed by atoms with van der Waals surface area (Å²) in [5, 5.41) is 0.546. The first kappa shape index (κ1) is 37.9. The van der Waals surface area contributed by atoms with Crippen LogP contribution in [0.15, 0.2) is 84.9 Å². The van der Waals surface area contributed by atoms with E-state index in [1.54, 1.807) is 24.3 Å². The van der Waals surface area contributed by atoms with E-state index in [4.69, 9.17) is 28.5 Å². The number of benzene rings is 3.